The lowest BCUT2D eigenvalue weighted by atomic mass is 10.0. The number of hydrogen-bond donors (Lipinski definition) is 0. The summed E-state index contributed by atoms with van der Waals surface area (Å²) >= 11 is 0. The molecule has 15 heavy (non-hydrogen) atoms. The largest absolute Gasteiger partial charge is 0.466 e. The summed E-state index contributed by atoms with van der Waals surface area (Å²) in [6, 6.07) is 9.77. The van der Waals surface area contributed by atoms with Crippen molar-refractivity contribution in [2.45, 2.75) is 13.8 Å². The van der Waals surface area contributed by atoms with E-state index < -0.39 is 0 Å². The quantitative estimate of drug-likeness (QED) is 0.559. The zero-order valence-corrected chi connectivity index (χ0v) is 9.36. The Morgan fingerprint density at radius 2 is 1.87 bits per heavy atom. The van der Waals surface area contributed by atoms with E-state index in [0.29, 0.717) is 5.57 Å². The van der Waals surface area contributed by atoms with Crippen LogP contribution in [0.25, 0.3) is 6.08 Å². The standard InChI is InChI=1S/C13H16O2/c1-10(2)12(13(14)15-3)9-11-7-5-4-6-8-11/h4-10H,1-3H3. The molecule has 0 unspecified atom stereocenters. The average Bonchev–Trinajstić information content (AvgIpc) is 2.26. The third-order valence-corrected chi connectivity index (χ3v) is 2.16. The molecule has 0 N–H and O–H groups in total. The molecule has 0 aliphatic heterocycles. The first-order chi connectivity index (χ1) is 7.15. The molecule has 0 aliphatic rings. The van der Waals surface area contributed by atoms with Gasteiger partial charge in [-0.05, 0) is 17.6 Å². The molecule has 80 valence electrons. The zero-order valence-electron chi connectivity index (χ0n) is 9.36. The van der Waals surface area contributed by atoms with Gasteiger partial charge < -0.3 is 4.74 Å². The monoisotopic (exact) mass is 204 g/mol. The molecule has 0 heterocycles. The van der Waals surface area contributed by atoms with Crippen LogP contribution < -0.4 is 0 Å². The van der Waals surface area contributed by atoms with E-state index in [1.165, 1.54) is 7.11 Å². The molecule has 0 amide bonds. The molecule has 2 heteroatoms. The molecule has 1 rings (SSSR count). The van der Waals surface area contributed by atoms with Gasteiger partial charge in [-0.3, -0.25) is 0 Å². The van der Waals surface area contributed by atoms with Gasteiger partial charge in [0.15, 0.2) is 0 Å². The predicted octanol–water partition coefficient (Wildman–Crippen LogP) is 2.90. The summed E-state index contributed by atoms with van der Waals surface area (Å²) in [7, 11) is 1.41. The Morgan fingerprint density at radius 3 is 2.33 bits per heavy atom. The highest BCUT2D eigenvalue weighted by Gasteiger charge is 2.13. The Labute approximate surface area is 90.6 Å². The molecular weight excluding hydrogens is 188 g/mol. The van der Waals surface area contributed by atoms with Gasteiger partial charge in [-0.25, -0.2) is 4.79 Å². The van der Waals surface area contributed by atoms with Gasteiger partial charge in [0.1, 0.15) is 0 Å². The first kappa shape index (κ1) is 11.5. The fourth-order valence-electron chi connectivity index (χ4n) is 1.31. The SMILES string of the molecule is COC(=O)C(=Cc1ccccc1)C(C)C. The third kappa shape index (κ3) is 3.24. The van der Waals surface area contributed by atoms with E-state index in [0.717, 1.165) is 5.56 Å². The van der Waals surface area contributed by atoms with Gasteiger partial charge in [-0.1, -0.05) is 44.2 Å². The summed E-state index contributed by atoms with van der Waals surface area (Å²) in [5.41, 5.74) is 1.72. The van der Waals surface area contributed by atoms with Crippen LogP contribution in [0, 0.1) is 5.92 Å². The van der Waals surface area contributed by atoms with Crippen LogP contribution in [0.5, 0.6) is 0 Å². The summed E-state index contributed by atoms with van der Waals surface area (Å²) in [5.74, 6) is -0.0912. The molecular formula is C13H16O2. The number of carbonyl (C=O) groups excluding carboxylic acids is 1. The summed E-state index contributed by atoms with van der Waals surface area (Å²) in [5, 5.41) is 0. The fraction of sp³-hybridized carbons (Fsp3) is 0.308. The Bertz CT molecular complexity index is 350. The van der Waals surface area contributed by atoms with Crippen LogP contribution >= 0.6 is 0 Å². The van der Waals surface area contributed by atoms with Gasteiger partial charge in [-0.15, -0.1) is 0 Å². The number of ether oxygens (including phenoxy) is 1. The molecule has 1 aromatic rings. The Hall–Kier alpha value is -1.57. The van der Waals surface area contributed by atoms with Crippen LogP contribution in [0.3, 0.4) is 0 Å². The van der Waals surface area contributed by atoms with Crippen molar-refractivity contribution in [2.24, 2.45) is 5.92 Å². The number of hydrogen-bond acceptors (Lipinski definition) is 2. The molecule has 0 atom stereocenters. The highest BCUT2D eigenvalue weighted by molar-refractivity contribution is 5.94. The number of carbonyl (C=O) groups is 1. The predicted molar refractivity (Wildman–Crippen MR) is 61.3 cm³/mol. The summed E-state index contributed by atoms with van der Waals surface area (Å²) in [6.07, 6.45) is 1.87. The second kappa shape index (κ2) is 5.35. The maximum absolute atomic E-state index is 11.5. The van der Waals surface area contributed by atoms with Crippen LogP contribution in [0.1, 0.15) is 19.4 Å². The lowest BCUT2D eigenvalue weighted by molar-refractivity contribution is -0.136. The molecule has 0 saturated carbocycles. The zero-order chi connectivity index (χ0) is 11.3. The van der Waals surface area contributed by atoms with Crippen LogP contribution in [0.2, 0.25) is 0 Å². The molecule has 0 aliphatic carbocycles. The minimum Gasteiger partial charge on any atom is -0.466 e. The van der Waals surface area contributed by atoms with Crippen molar-refractivity contribution in [3.05, 3.63) is 41.5 Å². The van der Waals surface area contributed by atoms with Crippen molar-refractivity contribution in [3.63, 3.8) is 0 Å². The second-order valence-corrected chi connectivity index (χ2v) is 3.66. The normalized spacial score (nSPS) is 11.6. The highest BCUT2D eigenvalue weighted by atomic mass is 16.5. The van der Waals surface area contributed by atoms with E-state index >= 15 is 0 Å². The van der Waals surface area contributed by atoms with Gasteiger partial charge in [-0.2, -0.15) is 0 Å². The molecule has 2 nitrogen and oxygen atoms in total. The maximum atomic E-state index is 11.5. The Balaban J connectivity index is 3.00. The van der Waals surface area contributed by atoms with Gasteiger partial charge in [0.25, 0.3) is 0 Å². The van der Waals surface area contributed by atoms with Crippen LogP contribution in [0.15, 0.2) is 35.9 Å². The van der Waals surface area contributed by atoms with Gasteiger partial charge >= 0.3 is 5.97 Å². The van der Waals surface area contributed by atoms with Crippen molar-refractivity contribution in [2.75, 3.05) is 7.11 Å². The second-order valence-electron chi connectivity index (χ2n) is 3.66. The Kier molecular flexibility index (Phi) is 4.10. The number of esters is 1. The highest BCUT2D eigenvalue weighted by Crippen LogP contribution is 2.15. The molecule has 0 aromatic heterocycles. The summed E-state index contributed by atoms with van der Waals surface area (Å²) < 4.78 is 4.74. The minimum absolute atomic E-state index is 0.164. The van der Waals surface area contributed by atoms with Gasteiger partial charge in [0, 0.05) is 5.57 Å². The summed E-state index contributed by atoms with van der Waals surface area (Å²) in [6.45, 7) is 3.96. The lowest BCUT2D eigenvalue weighted by Crippen LogP contribution is -2.09. The first-order valence-corrected chi connectivity index (χ1v) is 5.00. The van der Waals surface area contributed by atoms with Crippen molar-refractivity contribution >= 4 is 12.0 Å². The molecule has 0 bridgehead atoms. The van der Waals surface area contributed by atoms with E-state index in [1.54, 1.807) is 0 Å². The lowest BCUT2D eigenvalue weighted by Gasteiger charge is -2.08. The minimum atomic E-state index is -0.256. The third-order valence-electron chi connectivity index (χ3n) is 2.16. The molecule has 0 fully saturated rings. The van der Waals surface area contributed by atoms with E-state index in [4.69, 9.17) is 4.74 Å². The molecule has 0 saturated heterocycles. The van der Waals surface area contributed by atoms with E-state index in [9.17, 15) is 4.79 Å². The molecule has 0 radical (unpaired) electrons. The molecule has 0 spiro atoms. The molecule has 1 aromatic carbocycles. The van der Waals surface area contributed by atoms with Crippen LogP contribution in [-0.4, -0.2) is 13.1 Å². The van der Waals surface area contributed by atoms with E-state index in [-0.39, 0.29) is 11.9 Å². The first-order valence-electron chi connectivity index (χ1n) is 5.00. The van der Waals surface area contributed by atoms with Gasteiger partial charge in [0.05, 0.1) is 7.11 Å². The topological polar surface area (TPSA) is 26.3 Å². The van der Waals surface area contributed by atoms with Crippen molar-refractivity contribution in [1.29, 1.82) is 0 Å². The number of methoxy groups -OCH3 is 1. The van der Waals surface area contributed by atoms with E-state index in [1.807, 2.05) is 50.3 Å². The van der Waals surface area contributed by atoms with Gasteiger partial charge in [0.2, 0.25) is 0 Å². The number of rotatable bonds is 3. The van der Waals surface area contributed by atoms with Crippen molar-refractivity contribution in [1.82, 2.24) is 0 Å². The smallest absolute Gasteiger partial charge is 0.334 e. The fourth-order valence-corrected chi connectivity index (χ4v) is 1.31. The maximum Gasteiger partial charge on any atom is 0.334 e. The van der Waals surface area contributed by atoms with Crippen molar-refractivity contribution < 1.29 is 9.53 Å². The average molecular weight is 204 g/mol. The van der Waals surface area contributed by atoms with Crippen LogP contribution in [0.4, 0.5) is 0 Å². The van der Waals surface area contributed by atoms with E-state index in [2.05, 4.69) is 0 Å². The van der Waals surface area contributed by atoms with Crippen LogP contribution in [-0.2, 0) is 9.53 Å². The number of benzene rings is 1. The Morgan fingerprint density at radius 1 is 1.27 bits per heavy atom. The van der Waals surface area contributed by atoms with Crippen molar-refractivity contribution in [3.8, 4) is 0 Å². The summed E-state index contributed by atoms with van der Waals surface area (Å²) in [4.78, 5) is 11.5.